The Bertz CT molecular complexity index is 1060. The van der Waals surface area contributed by atoms with Gasteiger partial charge >= 0.3 is 6.03 Å². The fraction of sp³-hybridized carbons (Fsp3) is 0.222. The van der Waals surface area contributed by atoms with Gasteiger partial charge in [-0.3, -0.25) is 0 Å². The first kappa shape index (κ1) is 19.1. The van der Waals surface area contributed by atoms with Gasteiger partial charge in [-0.2, -0.15) is 0 Å². The molecule has 3 rings (SSSR count). The summed E-state index contributed by atoms with van der Waals surface area (Å²) in [5, 5.41) is 5.47. The van der Waals surface area contributed by atoms with Gasteiger partial charge in [0.25, 0.3) is 0 Å². The Balaban J connectivity index is 1.71. The average Bonchev–Trinajstić information content (AvgIpc) is 3.08. The lowest BCUT2D eigenvalue weighted by molar-refractivity contribution is 0.262. The summed E-state index contributed by atoms with van der Waals surface area (Å²) >= 11 is 1.10. The number of nitrogens with zero attached hydrogens (tertiary/aromatic N) is 1. The number of ether oxygens (including phenoxy) is 1. The predicted octanol–water partition coefficient (Wildman–Crippen LogP) is 4.13. The molecule has 0 atom stereocenters. The van der Waals surface area contributed by atoms with Gasteiger partial charge in [0.1, 0.15) is 5.75 Å². The molecule has 0 bridgehead atoms. The minimum Gasteiger partial charge on any atom is -0.494 e. The predicted molar refractivity (Wildman–Crippen MR) is 108 cm³/mol. The van der Waals surface area contributed by atoms with E-state index in [4.69, 9.17) is 4.74 Å². The van der Waals surface area contributed by atoms with Gasteiger partial charge in [0.05, 0.1) is 22.6 Å². The van der Waals surface area contributed by atoms with Gasteiger partial charge in [0, 0.05) is 11.4 Å². The summed E-state index contributed by atoms with van der Waals surface area (Å²) in [7, 11) is -3.35. The van der Waals surface area contributed by atoms with Gasteiger partial charge in [-0.15, -0.1) is 11.3 Å². The van der Waals surface area contributed by atoms with Crippen molar-refractivity contribution in [2.45, 2.75) is 18.2 Å². The Hall–Kier alpha value is -2.65. The zero-order valence-electron chi connectivity index (χ0n) is 14.9. The molecule has 3 aromatic rings. The van der Waals surface area contributed by atoms with Crippen LogP contribution in [0.3, 0.4) is 0 Å². The van der Waals surface area contributed by atoms with Crippen LogP contribution in [0.4, 0.5) is 16.2 Å². The third kappa shape index (κ3) is 4.55. The van der Waals surface area contributed by atoms with E-state index in [9.17, 15) is 13.2 Å². The largest absolute Gasteiger partial charge is 0.494 e. The van der Waals surface area contributed by atoms with Crippen LogP contribution in [0, 0.1) is 0 Å². The smallest absolute Gasteiger partial charge is 0.323 e. The van der Waals surface area contributed by atoms with Crippen molar-refractivity contribution in [1.29, 1.82) is 0 Å². The fourth-order valence-corrected chi connectivity index (χ4v) is 4.68. The van der Waals surface area contributed by atoms with Crippen LogP contribution in [0.25, 0.3) is 10.2 Å². The van der Waals surface area contributed by atoms with Crippen LogP contribution >= 0.6 is 11.3 Å². The summed E-state index contributed by atoms with van der Waals surface area (Å²) in [6.45, 7) is 4.06. The number of rotatable bonds is 6. The van der Waals surface area contributed by atoms with Crippen LogP contribution in [-0.4, -0.2) is 31.8 Å². The second-order valence-corrected chi connectivity index (χ2v) is 9.08. The van der Waals surface area contributed by atoms with Crippen LogP contribution in [0.15, 0.2) is 46.8 Å². The van der Waals surface area contributed by atoms with Gasteiger partial charge in [-0.1, -0.05) is 6.92 Å². The maximum Gasteiger partial charge on any atom is 0.323 e. The summed E-state index contributed by atoms with van der Waals surface area (Å²) in [6, 6.07) is 11.7. The van der Waals surface area contributed by atoms with Crippen molar-refractivity contribution >= 4 is 48.8 Å². The molecule has 142 valence electrons. The van der Waals surface area contributed by atoms with Gasteiger partial charge in [0.2, 0.25) is 14.2 Å². The number of benzene rings is 2. The lowest BCUT2D eigenvalue weighted by Gasteiger charge is -2.08. The minimum absolute atomic E-state index is 0.00240. The number of hydrogen-bond donors (Lipinski definition) is 2. The number of fused-ring (bicyclic) bond motifs is 1. The van der Waals surface area contributed by atoms with Gasteiger partial charge in [-0.05, 0) is 49.4 Å². The lowest BCUT2D eigenvalue weighted by Crippen LogP contribution is -2.19. The van der Waals surface area contributed by atoms with Crippen molar-refractivity contribution in [1.82, 2.24) is 4.98 Å². The molecule has 0 saturated carbocycles. The molecule has 0 spiro atoms. The molecule has 2 amide bonds. The van der Waals surface area contributed by atoms with E-state index < -0.39 is 15.9 Å². The Morgan fingerprint density at radius 2 is 1.74 bits per heavy atom. The van der Waals surface area contributed by atoms with Crippen LogP contribution in [-0.2, 0) is 9.84 Å². The van der Waals surface area contributed by atoms with Crippen molar-refractivity contribution in [3.63, 3.8) is 0 Å². The molecule has 2 aromatic carbocycles. The van der Waals surface area contributed by atoms with Crippen molar-refractivity contribution in [2.24, 2.45) is 0 Å². The Kier molecular flexibility index (Phi) is 5.62. The van der Waals surface area contributed by atoms with E-state index >= 15 is 0 Å². The first-order chi connectivity index (χ1) is 12.9. The number of carbonyl (C=O) groups excluding carboxylic acids is 1. The van der Waals surface area contributed by atoms with E-state index in [1.54, 1.807) is 49.4 Å². The summed E-state index contributed by atoms with van der Waals surface area (Å²) in [5.41, 5.74) is 1.77. The molecule has 0 unspecified atom stereocenters. The van der Waals surface area contributed by atoms with E-state index in [0.29, 0.717) is 28.2 Å². The van der Waals surface area contributed by atoms with Crippen LogP contribution in [0.1, 0.15) is 13.8 Å². The molecular formula is C18H19N3O4S2. The molecule has 0 fully saturated rings. The maximum absolute atomic E-state index is 12.2. The number of aromatic nitrogens is 1. The van der Waals surface area contributed by atoms with Crippen molar-refractivity contribution in [2.75, 3.05) is 23.0 Å². The molecule has 2 N–H and O–H groups in total. The summed E-state index contributed by atoms with van der Waals surface area (Å²) < 4.78 is 30.1. The third-order valence-electron chi connectivity index (χ3n) is 3.70. The number of nitrogens with one attached hydrogen (secondary N) is 2. The number of amides is 2. The summed E-state index contributed by atoms with van der Waals surface area (Å²) in [5.74, 6) is 0.736. The molecule has 7 nitrogen and oxygen atoms in total. The van der Waals surface area contributed by atoms with E-state index in [-0.39, 0.29) is 10.1 Å². The molecule has 0 saturated heterocycles. The Morgan fingerprint density at radius 3 is 2.41 bits per heavy atom. The lowest BCUT2D eigenvalue weighted by atomic mass is 10.3. The monoisotopic (exact) mass is 405 g/mol. The second kappa shape index (κ2) is 7.93. The van der Waals surface area contributed by atoms with Crippen LogP contribution in [0.5, 0.6) is 5.75 Å². The molecule has 9 heteroatoms. The molecule has 0 aliphatic heterocycles. The molecule has 27 heavy (non-hydrogen) atoms. The maximum atomic E-state index is 12.2. The molecule has 0 radical (unpaired) electrons. The second-order valence-electron chi connectivity index (χ2n) is 5.60. The third-order valence-corrected chi connectivity index (χ3v) is 6.90. The molecule has 1 heterocycles. The highest BCUT2D eigenvalue weighted by atomic mass is 32.2. The highest BCUT2D eigenvalue weighted by molar-refractivity contribution is 7.93. The number of urea groups is 1. The quantitative estimate of drug-likeness (QED) is 0.642. The van der Waals surface area contributed by atoms with Crippen molar-refractivity contribution in [3.8, 4) is 5.75 Å². The van der Waals surface area contributed by atoms with E-state index in [1.807, 2.05) is 6.92 Å². The van der Waals surface area contributed by atoms with Crippen molar-refractivity contribution in [3.05, 3.63) is 42.5 Å². The number of hydrogen-bond acceptors (Lipinski definition) is 6. The first-order valence-corrected chi connectivity index (χ1v) is 10.8. The van der Waals surface area contributed by atoms with Gasteiger partial charge < -0.3 is 15.4 Å². The fourth-order valence-electron chi connectivity index (χ4n) is 2.33. The molecule has 0 aliphatic carbocycles. The number of carbonyl (C=O) groups is 1. The molecular weight excluding hydrogens is 386 g/mol. The summed E-state index contributed by atoms with van der Waals surface area (Å²) in [6.07, 6.45) is 0. The number of sulfone groups is 1. The molecule has 0 aliphatic rings. The van der Waals surface area contributed by atoms with E-state index in [0.717, 1.165) is 17.1 Å². The molecule has 1 aromatic heterocycles. The van der Waals surface area contributed by atoms with E-state index in [2.05, 4.69) is 15.6 Å². The Morgan fingerprint density at radius 1 is 1.07 bits per heavy atom. The number of anilines is 2. The van der Waals surface area contributed by atoms with Gasteiger partial charge in [0.15, 0.2) is 0 Å². The van der Waals surface area contributed by atoms with Crippen LogP contribution in [0.2, 0.25) is 0 Å². The highest BCUT2D eigenvalue weighted by Crippen LogP contribution is 2.28. The Labute approximate surface area is 161 Å². The minimum atomic E-state index is -3.35. The zero-order valence-corrected chi connectivity index (χ0v) is 16.5. The number of thiazole rings is 1. The summed E-state index contributed by atoms with van der Waals surface area (Å²) in [4.78, 5) is 16.3. The SMILES string of the molecule is CCOc1ccc(NC(=O)Nc2ccc3nc(S(=O)(=O)CC)sc3c2)cc1. The van der Waals surface area contributed by atoms with Gasteiger partial charge in [-0.25, -0.2) is 18.2 Å². The topological polar surface area (TPSA) is 97.4 Å². The van der Waals surface area contributed by atoms with E-state index in [1.165, 1.54) is 0 Å². The standard InChI is InChI=1S/C18H19N3O4S2/c1-3-25-14-8-5-12(6-9-14)19-17(22)20-13-7-10-15-16(11-13)26-18(21-15)27(23,24)4-2/h5-11H,3-4H2,1-2H3,(H2,19,20,22). The van der Waals surface area contributed by atoms with Crippen molar-refractivity contribution < 1.29 is 17.9 Å². The first-order valence-electron chi connectivity index (χ1n) is 8.35. The van der Waals surface area contributed by atoms with Crippen LogP contribution < -0.4 is 15.4 Å². The zero-order chi connectivity index (χ0) is 19.4. The average molecular weight is 406 g/mol. The highest BCUT2D eigenvalue weighted by Gasteiger charge is 2.17. The normalized spacial score (nSPS) is 11.3.